The van der Waals surface area contributed by atoms with Gasteiger partial charge in [0, 0.05) is 25.4 Å². The van der Waals surface area contributed by atoms with Crippen molar-refractivity contribution in [1.82, 2.24) is 28.7 Å². The number of rotatable bonds is 6. The summed E-state index contributed by atoms with van der Waals surface area (Å²) in [6.07, 6.45) is 0. The number of fused-ring (bicyclic) bond motifs is 1. The van der Waals surface area contributed by atoms with Crippen LogP contribution in [0, 0.1) is 19.8 Å². The van der Waals surface area contributed by atoms with Gasteiger partial charge in [0.05, 0.1) is 5.75 Å². The monoisotopic (exact) mass is 417 g/mol. The fourth-order valence-electron chi connectivity index (χ4n) is 3.09. The van der Waals surface area contributed by atoms with Crippen LogP contribution in [0.15, 0.2) is 20.8 Å². The lowest BCUT2D eigenvalue weighted by atomic mass is 10.2. The standard InChI is InChI=1S/C18H23N7O3S/c1-9(2)7-24-15(19)14(16(27)23(5)18(24)28)12(26)8-29-17-22-21-13-6-10(3)20-11(4)25(13)17/h6,9H,7-8,19H2,1-5H3. The molecule has 3 rings (SSSR count). The zero-order valence-corrected chi connectivity index (χ0v) is 17.8. The van der Waals surface area contributed by atoms with Gasteiger partial charge in [-0.05, 0) is 19.8 Å². The first-order valence-corrected chi connectivity index (χ1v) is 10.0. The van der Waals surface area contributed by atoms with Gasteiger partial charge in [0.2, 0.25) is 0 Å². The Morgan fingerprint density at radius 2 is 1.93 bits per heavy atom. The highest BCUT2D eigenvalue weighted by molar-refractivity contribution is 7.99. The number of hydrogen-bond acceptors (Lipinski definition) is 8. The zero-order chi connectivity index (χ0) is 21.5. The predicted molar refractivity (Wildman–Crippen MR) is 111 cm³/mol. The number of ketones is 1. The largest absolute Gasteiger partial charge is 0.384 e. The Morgan fingerprint density at radius 1 is 1.24 bits per heavy atom. The van der Waals surface area contributed by atoms with Crippen molar-refractivity contribution in [1.29, 1.82) is 0 Å². The molecule has 3 heterocycles. The molecule has 0 saturated carbocycles. The van der Waals surface area contributed by atoms with Crippen LogP contribution in [0.4, 0.5) is 5.82 Å². The lowest BCUT2D eigenvalue weighted by Crippen LogP contribution is -2.43. The zero-order valence-electron chi connectivity index (χ0n) is 17.0. The molecule has 0 unspecified atom stereocenters. The number of aryl methyl sites for hydroxylation is 2. The summed E-state index contributed by atoms with van der Waals surface area (Å²) in [7, 11) is 1.34. The van der Waals surface area contributed by atoms with Gasteiger partial charge >= 0.3 is 5.69 Å². The fraction of sp³-hybridized carbons (Fsp3) is 0.444. The molecule has 3 aromatic heterocycles. The summed E-state index contributed by atoms with van der Waals surface area (Å²) in [5.41, 5.74) is 6.09. The maximum atomic E-state index is 12.9. The van der Waals surface area contributed by atoms with Crippen LogP contribution in [0.1, 0.15) is 35.7 Å². The molecule has 0 bridgehead atoms. The maximum Gasteiger partial charge on any atom is 0.332 e. The van der Waals surface area contributed by atoms with Gasteiger partial charge in [-0.2, -0.15) is 0 Å². The number of nitrogen functional groups attached to an aromatic ring is 1. The number of anilines is 1. The minimum absolute atomic E-state index is 0.0760. The molecule has 0 amide bonds. The van der Waals surface area contributed by atoms with E-state index in [0.29, 0.717) is 23.2 Å². The molecule has 10 nitrogen and oxygen atoms in total. The summed E-state index contributed by atoms with van der Waals surface area (Å²) in [5.74, 6) is 0.164. The minimum Gasteiger partial charge on any atom is -0.384 e. The normalized spacial score (nSPS) is 11.5. The second-order valence-corrected chi connectivity index (χ2v) is 8.19. The lowest BCUT2D eigenvalue weighted by molar-refractivity contribution is 0.102. The van der Waals surface area contributed by atoms with Crippen LogP contribution in [-0.4, -0.2) is 40.3 Å². The van der Waals surface area contributed by atoms with Crippen molar-refractivity contribution in [2.45, 2.75) is 39.4 Å². The van der Waals surface area contributed by atoms with Crippen LogP contribution < -0.4 is 17.0 Å². The highest BCUT2D eigenvalue weighted by Crippen LogP contribution is 2.20. The van der Waals surface area contributed by atoms with Crippen molar-refractivity contribution in [2.24, 2.45) is 13.0 Å². The number of carbonyl (C=O) groups is 1. The first-order chi connectivity index (χ1) is 13.6. The van der Waals surface area contributed by atoms with E-state index in [4.69, 9.17) is 5.73 Å². The third kappa shape index (κ3) is 3.82. The van der Waals surface area contributed by atoms with Crippen LogP contribution in [0.2, 0.25) is 0 Å². The van der Waals surface area contributed by atoms with E-state index < -0.39 is 17.0 Å². The minimum atomic E-state index is -0.697. The van der Waals surface area contributed by atoms with Crippen molar-refractivity contribution >= 4 is 29.0 Å². The molecule has 0 spiro atoms. The Balaban J connectivity index is 1.95. The third-order valence-electron chi connectivity index (χ3n) is 4.40. The molecule has 0 fully saturated rings. The van der Waals surface area contributed by atoms with E-state index >= 15 is 0 Å². The number of Topliss-reactive ketones (excluding diaryl/α,β-unsaturated/α-hetero) is 1. The summed E-state index contributed by atoms with van der Waals surface area (Å²) in [4.78, 5) is 42.2. The van der Waals surface area contributed by atoms with E-state index in [2.05, 4.69) is 15.2 Å². The van der Waals surface area contributed by atoms with Crippen molar-refractivity contribution < 1.29 is 4.79 Å². The van der Waals surface area contributed by atoms with Gasteiger partial charge < -0.3 is 5.73 Å². The maximum absolute atomic E-state index is 12.9. The first kappa shape index (κ1) is 20.8. The molecule has 0 aliphatic carbocycles. The van der Waals surface area contributed by atoms with Crippen LogP contribution in [0.3, 0.4) is 0 Å². The average molecular weight is 417 g/mol. The summed E-state index contributed by atoms with van der Waals surface area (Å²) in [5, 5.41) is 8.70. The van der Waals surface area contributed by atoms with Gasteiger partial charge in [-0.25, -0.2) is 9.78 Å². The van der Waals surface area contributed by atoms with Crippen LogP contribution in [-0.2, 0) is 13.6 Å². The topological polar surface area (TPSA) is 130 Å². The number of nitrogens with two attached hydrogens (primary N) is 1. The molecule has 0 radical (unpaired) electrons. The van der Waals surface area contributed by atoms with Crippen molar-refractivity contribution in [3.8, 4) is 0 Å². The summed E-state index contributed by atoms with van der Waals surface area (Å²) in [6.45, 7) is 7.84. The summed E-state index contributed by atoms with van der Waals surface area (Å²) >= 11 is 1.14. The number of nitrogens with zero attached hydrogens (tertiary/aromatic N) is 6. The second kappa shape index (κ2) is 7.82. The number of aromatic nitrogens is 6. The Kier molecular flexibility index (Phi) is 5.60. The quantitative estimate of drug-likeness (QED) is 0.461. The molecule has 0 saturated heterocycles. The summed E-state index contributed by atoms with van der Waals surface area (Å²) in [6, 6.07) is 1.79. The van der Waals surface area contributed by atoms with Crippen molar-refractivity contribution in [3.05, 3.63) is 44.0 Å². The molecule has 2 N–H and O–H groups in total. The highest BCUT2D eigenvalue weighted by atomic mass is 32.2. The van der Waals surface area contributed by atoms with E-state index in [1.807, 2.05) is 27.7 Å². The SMILES string of the molecule is Cc1cc2nnc(SCC(=O)c3c(N)n(CC(C)C)c(=O)n(C)c3=O)n2c(C)n1. The molecule has 0 aliphatic heterocycles. The van der Waals surface area contributed by atoms with E-state index in [1.165, 1.54) is 11.6 Å². The number of thioether (sulfide) groups is 1. The van der Waals surface area contributed by atoms with Gasteiger partial charge in [0.15, 0.2) is 16.6 Å². The van der Waals surface area contributed by atoms with E-state index in [9.17, 15) is 14.4 Å². The second-order valence-electron chi connectivity index (χ2n) is 7.24. The van der Waals surface area contributed by atoms with E-state index in [0.717, 1.165) is 22.0 Å². The smallest absolute Gasteiger partial charge is 0.332 e. The number of carbonyl (C=O) groups excluding carboxylic acids is 1. The fourth-order valence-corrected chi connectivity index (χ4v) is 3.94. The average Bonchev–Trinajstić information content (AvgIpc) is 3.05. The first-order valence-electron chi connectivity index (χ1n) is 9.06. The molecule has 11 heteroatoms. The number of hydrogen-bond donors (Lipinski definition) is 1. The Hall–Kier alpha value is -2.95. The molecule has 0 aliphatic rings. The third-order valence-corrected chi connectivity index (χ3v) is 5.33. The van der Waals surface area contributed by atoms with Crippen LogP contribution in [0.25, 0.3) is 5.65 Å². The van der Waals surface area contributed by atoms with Gasteiger partial charge in [0.1, 0.15) is 17.2 Å². The molecule has 0 atom stereocenters. The molecule has 29 heavy (non-hydrogen) atoms. The van der Waals surface area contributed by atoms with E-state index in [-0.39, 0.29) is 23.1 Å². The van der Waals surface area contributed by atoms with Crippen molar-refractivity contribution in [2.75, 3.05) is 11.5 Å². The Morgan fingerprint density at radius 3 is 2.59 bits per heavy atom. The molecular weight excluding hydrogens is 394 g/mol. The van der Waals surface area contributed by atoms with Gasteiger partial charge in [-0.3, -0.25) is 23.1 Å². The highest BCUT2D eigenvalue weighted by Gasteiger charge is 2.23. The molecular formula is C18H23N7O3S. The Labute approximate surface area is 170 Å². The molecule has 0 aromatic carbocycles. The van der Waals surface area contributed by atoms with Crippen molar-refractivity contribution in [3.63, 3.8) is 0 Å². The Bertz CT molecular complexity index is 1220. The van der Waals surface area contributed by atoms with Gasteiger partial charge in [0.25, 0.3) is 5.56 Å². The van der Waals surface area contributed by atoms with Gasteiger partial charge in [-0.1, -0.05) is 25.6 Å². The van der Waals surface area contributed by atoms with Gasteiger partial charge in [-0.15, -0.1) is 10.2 Å². The molecule has 154 valence electrons. The van der Waals surface area contributed by atoms with Crippen LogP contribution in [0.5, 0.6) is 0 Å². The van der Waals surface area contributed by atoms with Crippen LogP contribution >= 0.6 is 11.8 Å². The molecule has 3 aromatic rings. The predicted octanol–water partition coefficient (Wildman–Crippen LogP) is 0.815. The van der Waals surface area contributed by atoms with E-state index in [1.54, 1.807) is 10.5 Å². The summed E-state index contributed by atoms with van der Waals surface area (Å²) < 4.78 is 3.93. The lowest BCUT2D eigenvalue weighted by Gasteiger charge is -2.16.